The summed E-state index contributed by atoms with van der Waals surface area (Å²) in [6.07, 6.45) is 0.997. The molecule has 1 aliphatic heterocycles. The minimum Gasteiger partial charge on any atom is -0.504 e. The Morgan fingerprint density at radius 3 is 2.95 bits per heavy atom. The van der Waals surface area contributed by atoms with E-state index in [1.165, 1.54) is 13.2 Å². The Labute approximate surface area is 110 Å². The summed E-state index contributed by atoms with van der Waals surface area (Å²) in [6.45, 7) is 0.412. The third kappa shape index (κ3) is 2.96. The van der Waals surface area contributed by atoms with Gasteiger partial charge in [-0.1, -0.05) is 6.07 Å². The number of piperidine rings is 1. The van der Waals surface area contributed by atoms with Crippen LogP contribution in [-0.2, 0) is 4.79 Å². The maximum atomic E-state index is 12.0. The van der Waals surface area contributed by atoms with E-state index in [2.05, 4.69) is 10.6 Å². The minimum absolute atomic E-state index is 0.00488. The van der Waals surface area contributed by atoms with Crippen molar-refractivity contribution >= 4 is 11.8 Å². The Morgan fingerprint density at radius 2 is 2.32 bits per heavy atom. The maximum Gasteiger partial charge on any atom is 0.255 e. The summed E-state index contributed by atoms with van der Waals surface area (Å²) >= 11 is 0. The highest BCUT2D eigenvalue weighted by atomic mass is 16.5. The van der Waals surface area contributed by atoms with E-state index < -0.39 is 0 Å². The van der Waals surface area contributed by atoms with Gasteiger partial charge in [0.15, 0.2) is 11.5 Å². The zero-order valence-corrected chi connectivity index (χ0v) is 10.6. The van der Waals surface area contributed by atoms with E-state index >= 15 is 0 Å². The molecule has 0 spiro atoms. The molecule has 6 heteroatoms. The zero-order valence-electron chi connectivity index (χ0n) is 10.6. The third-order valence-electron chi connectivity index (χ3n) is 3.06. The molecule has 1 saturated heterocycles. The standard InChI is InChI=1S/C13H16N2O4/c1-19-10-4-2-3-9(12(10)17)13(18)15-8-5-6-11(16)14-7-8/h2-4,8,17H,5-7H2,1H3,(H,14,16)(H,15,18). The molecule has 0 aromatic heterocycles. The van der Waals surface area contributed by atoms with Gasteiger partial charge in [-0.2, -0.15) is 0 Å². The molecule has 2 rings (SSSR count). The number of rotatable bonds is 3. The number of carbonyl (C=O) groups excluding carboxylic acids is 2. The average molecular weight is 264 g/mol. The van der Waals surface area contributed by atoms with Gasteiger partial charge in [-0.3, -0.25) is 9.59 Å². The van der Waals surface area contributed by atoms with Gasteiger partial charge in [-0.15, -0.1) is 0 Å². The number of nitrogens with one attached hydrogen (secondary N) is 2. The number of carbonyl (C=O) groups is 2. The Hall–Kier alpha value is -2.24. The molecular weight excluding hydrogens is 248 g/mol. The van der Waals surface area contributed by atoms with Gasteiger partial charge in [0.05, 0.1) is 12.7 Å². The van der Waals surface area contributed by atoms with Crippen molar-refractivity contribution in [1.82, 2.24) is 10.6 Å². The van der Waals surface area contributed by atoms with Crippen molar-refractivity contribution in [2.75, 3.05) is 13.7 Å². The first kappa shape index (κ1) is 13.2. The van der Waals surface area contributed by atoms with Gasteiger partial charge in [0.1, 0.15) is 0 Å². The lowest BCUT2D eigenvalue weighted by Crippen LogP contribution is -2.47. The molecule has 1 heterocycles. The number of para-hydroxylation sites is 1. The molecule has 102 valence electrons. The largest absolute Gasteiger partial charge is 0.504 e. The summed E-state index contributed by atoms with van der Waals surface area (Å²) in [6, 6.07) is 4.62. The van der Waals surface area contributed by atoms with E-state index in [0.717, 1.165) is 0 Å². The summed E-state index contributed by atoms with van der Waals surface area (Å²) < 4.78 is 4.95. The number of amides is 2. The number of benzene rings is 1. The van der Waals surface area contributed by atoms with Gasteiger partial charge in [-0.25, -0.2) is 0 Å². The number of hydrogen-bond acceptors (Lipinski definition) is 4. The molecule has 6 nitrogen and oxygen atoms in total. The highest BCUT2D eigenvalue weighted by molar-refractivity contribution is 5.97. The second-order valence-electron chi connectivity index (χ2n) is 4.37. The quantitative estimate of drug-likeness (QED) is 0.738. The van der Waals surface area contributed by atoms with E-state index in [9.17, 15) is 14.7 Å². The number of hydrogen-bond donors (Lipinski definition) is 3. The molecule has 1 unspecified atom stereocenters. The van der Waals surface area contributed by atoms with Crippen LogP contribution >= 0.6 is 0 Å². The van der Waals surface area contributed by atoms with Crippen molar-refractivity contribution in [2.45, 2.75) is 18.9 Å². The summed E-state index contributed by atoms with van der Waals surface area (Å²) in [5, 5.41) is 15.3. The monoisotopic (exact) mass is 264 g/mol. The van der Waals surface area contributed by atoms with Crippen molar-refractivity contribution < 1.29 is 19.4 Å². The molecule has 1 aromatic carbocycles. The van der Waals surface area contributed by atoms with E-state index in [-0.39, 0.29) is 34.9 Å². The van der Waals surface area contributed by atoms with Gasteiger partial charge in [0, 0.05) is 19.0 Å². The van der Waals surface area contributed by atoms with Crippen LogP contribution in [0.4, 0.5) is 0 Å². The van der Waals surface area contributed by atoms with Gasteiger partial charge in [-0.05, 0) is 18.6 Å². The fraction of sp³-hybridized carbons (Fsp3) is 0.385. The molecule has 1 atom stereocenters. The lowest BCUT2D eigenvalue weighted by atomic mass is 10.1. The Morgan fingerprint density at radius 1 is 1.53 bits per heavy atom. The van der Waals surface area contributed by atoms with Gasteiger partial charge >= 0.3 is 0 Å². The fourth-order valence-corrected chi connectivity index (χ4v) is 1.99. The van der Waals surface area contributed by atoms with Crippen molar-refractivity contribution in [3.63, 3.8) is 0 Å². The topological polar surface area (TPSA) is 87.7 Å². The number of phenolic OH excluding ortho intramolecular Hbond substituents is 1. The molecule has 3 N–H and O–H groups in total. The second kappa shape index (κ2) is 5.60. The van der Waals surface area contributed by atoms with Crippen LogP contribution in [0.25, 0.3) is 0 Å². The normalized spacial score (nSPS) is 18.6. The van der Waals surface area contributed by atoms with Crippen molar-refractivity contribution in [3.8, 4) is 11.5 Å². The maximum absolute atomic E-state index is 12.0. The second-order valence-corrected chi connectivity index (χ2v) is 4.37. The van der Waals surface area contributed by atoms with Gasteiger partial charge < -0.3 is 20.5 Å². The molecule has 0 saturated carbocycles. The molecule has 0 bridgehead atoms. The van der Waals surface area contributed by atoms with Crippen LogP contribution in [0.2, 0.25) is 0 Å². The van der Waals surface area contributed by atoms with Crippen LogP contribution < -0.4 is 15.4 Å². The van der Waals surface area contributed by atoms with E-state index in [0.29, 0.717) is 19.4 Å². The van der Waals surface area contributed by atoms with Crippen LogP contribution in [0, 0.1) is 0 Å². The van der Waals surface area contributed by atoms with E-state index in [4.69, 9.17) is 4.74 Å². The number of phenols is 1. The highest BCUT2D eigenvalue weighted by Crippen LogP contribution is 2.29. The van der Waals surface area contributed by atoms with Crippen LogP contribution in [-0.4, -0.2) is 36.6 Å². The Kier molecular flexibility index (Phi) is 3.89. The average Bonchev–Trinajstić information content (AvgIpc) is 2.41. The Balaban J connectivity index is 2.06. The van der Waals surface area contributed by atoms with Crippen LogP contribution in [0.3, 0.4) is 0 Å². The number of methoxy groups -OCH3 is 1. The van der Waals surface area contributed by atoms with E-state index in [1.807, 2.05) is 0 Å². The fourth-order valence-electron chi connectivity index (χ4n) is 1.99. The molecule has 0 aliphatic carbocycles. The molecule has 19 heavy (non-hydrogen) atoms. The molecule has 1 aromatic rings. The highest BCUT2D eigenvalue weighted by Gasteiger charge is 2.22. The van der Waals surface area contributed by atoms with Gasteiger partial charge in [0.25, 0.3) is 5.91 Å². The predicted octanol–water partition coefficient (Wildman–Crippen LogP) is 0.409. The SMILES string of the molecule is COc1cccc(C(=O)NC2CCC(=O)NC2)c1O. The predicted molar refractivity (Wildman–Crippen MR) is 68.2 cm³/mol. The molecule has 1 aliphatic rings. The minimum atomic E-state index is -0.377. The van der Waals surface area contributed by atoms with E-state index in [1.54, 1.807) is 12.1 Å². The molecule has 2 amide bonds. The summed E-state index contributed by atoms with van der Waals surface area (Å²) in [5.74, 6) is -0.306. The van der Waals surface area contributed by atoms with Crippen molar-refractivity contribution in [2.24, 2.45) is 0 Å². The molecule has 0 radical (unpaired) electrons. The van der Waals surface area contributed by atoms with Crippen LogP contribution in [0.1, 0.15) is 23.2 Å². The lowest BCUT2D eigenvalue weighted by Gasteiger charge is -2.23. The number of ether oxygens (including phenoxy) is 1. The molecule has 1 fully saturated rings. The van der Waals surface area contributed by atoms with Crippen LogP contribution in [0.15, 0.2) is 18.2 Å². The smallest absolute Gasteiger partial charge is 0.255 e. The summed E-state index contributed by atoms with van der Waals surface area (Å²) in [7, 11) is 1.42. The third-order valence-corrected chi connectivity index (χ3v) is 3.06. The van der Waals surface area contributed by atoms with Crippen LogP contribution in [0.5, 0.6) is 11.5 Å². The van der Waals surface area contributed by atoms with Gasteiger partial charge in [0.2, 0.25) is 5.91 Å². The summed E-state index contributed by atoms with van der Waals surface area (Å²) in [4.78, 5) is 23.1. The lowest BCUT2D eigenvalue weighted by molar-refractivity contribution is -0.122. The first-order chi connectivity index (χ1) is 9.11. The summed E-state index contributed by atoms with van der Waals surface area (Å²) in [5.41, 5.74) is 0.163. The molecular formula is C13H16N2O4. The zero-order chi connectivity index (χ0) is 13.8. The first-order valence-corrected chi connectivity index (χ1v) is 6.05. The van der Waals surface area contributed by atoms with Crippen molar-refractivity contribution in [1.29, 1.82) is 0 Å². The first-order valence-electron chi connectivity index (χ1n) is 6.05. The number of aromatic hydroxyl groups is 1. The van der Waals surface area contributed by atoms with Crippen molar-refractivity contribution in [3.05, 3.63) is 23.8 Å². The Bertz CT molecular complexity index is 491.